The van der Waals surface area contributed by atoms with Crippen LogP contribution in [0.15, 0.2) is 24.4 Å². The predicted molar refractivity (Wildman–Crippen MR) is 86.6 cm³/mol. The van der Waals surface area contributed by atoms with E-state index in [0.717, 1.165) is 0 Å². The van der Waals surface area contributed by atoms with Crippen LogP contribution >= 0.6 is 0 Å². The molecular formula is C16H21N3O4. The number of rotatable bonds is 7. The van der Waals surface area contributed by atoms with Crippen molar-refractivity contribution in [1.29, 1.82) is 0 Å². The molecule has 1 N–H and O–H groups in total. The number of benzene rings is 1. The van der Waals surface area contributed by atoms with Crippen LogP contribution in [0.4, 0.5) is 5.69 Å². The molecule has 124 valence electrons. The van der Waals surface area contributed by atoms with E-state index in [9.17, 15) is 4.79 Å². The Morgan fingerprint density at radius 1 is 1.26 bits per heavy atom. The quantitative estimate of drug-likeness (QED) is 0.849. The Kier molecular flexibility index (Phi) is 5.46. The normalized spacial score (nSPS) is 10.3. The van der Waals surface area contributed by atoms with Crippen LogP contribution in [0.1, 0.15) is 24.2 Å². The third-order valence-corrected chi connectivity index (χ3v) is 3.23. The second-order valence-electron chi connectivity index (χ2n) is 4.66. The van der Waals surface area contributed by atoms with E-state index in [1.807, 2.05) is 13.8 Å². The second kappa shape index (κ2) is 7.53. The zero-order valence-corrected chi connectivity index (χ0v) is 13.8. The van der Waals surface area contributed by atoms with E-state index in [2.05, 4.69) is 10.4 Å². The lowest BCUT2D eigenvalue weighted by Gasteiger charge is -2.11. The monoisotopic (exact) mass is 319 g/mol. The van der Waals surface area contributed by atoms with Crippen molar-refractivity contribution in [2.75, 3.05) is 26.1 Å². The largest absolute Gasteiger partial charge is 0.497 e. The van der Waals surface area contributed by atoms with Crippen LogP contribution in [0.25, 0.3) is 0 Å². The highest BCUT2D eigenvalue weighted by atomic mass is 16.5. The molecule has 0 radical (unpaired) electrons. The molecule has 1 aromatic carbocycles. The molecule has 23 heavy (non-hydrogen) atoms. The number of nitrogens with one attached hydrogen (secondary N) is 1. The number of aromatic nitrogens is 2. The van der Waals surface area contributed by atoms with Crippen molar-refractivity contribution >= 4 is 11.6 Å². The van der Waals surface area contributed by atoms with Gasteiger partial charge in [-0.3, -0.25) is 9.48 Å². The fourth-order valence-corrected chi connectivity index (χ4v) is 2.07. The maximum absolute atomic E-state index is 12.6. The summed E-state index contributed by atoms with van der Waals surface area (Å²) in [6.07, 6.45) is 1.66. The maximum atomic E-state index is 12.6. The van der Waals surface area contributed by atoms with Crippen LogP contribution in [0.5, 0.6) is 17.4 Å². The molecule has 7 nitrogen and oxygen atoms in total. The minimum absolute atomic E-state index is 0.314. The average molecular weight is 319 g/mol. The van der Waals surface area contributed by atoms with Gasteiger partial charge in [0, 0.05) is 18.8 Å². The molecule has 0 atom stereocenters. The van der Waals surface area contributed by atoms with Crippen LogP contribution in [0.3, 0.4) is 0 Å². The summed E-state index contributed by atoms with van der Waals surface area (Å²) < 4.78 is 17.5. The number of aryl methyl sites for hydroxylation is 1. The first kappa shape index (κ1) is 16.7. The third kappa shape index (κ3) is 3.74. The number of ether oxygens (including phenoxy) is 3. The smallest absolute Gasteiger partial charge is 0.262 e. The summed E-state index contributed by atoms with van der Waals surface area (Å²) in [4.78, 5) is 12.6. The lowest BCUT2D eigenvalue weighted by Crippen LogP contribution is -2.13. The van der Waals surface area contributed by atoms with Gasteiger partial charge in [0.2, 0.25) is 5.88 Å². The molecule has 0 bridgehead atoms. The van der Waals surface area contributed by atoms with E-state index < -0.39 is 0 Å². The molecular weight excluding hydrogens is 298 g/mol. The molecule has 0 spiro atoms. The fourth-order valence-electron chi connectivity index (χ4n) is 2.07. The second-order valence-corrected chi connectivity index (χ2v) is 4.66. The Morgan fingerprint density at radius 3 is 2.65 bits per heavy atom. The number of anilines is 1. The van der Waals surface area contributed by atoms with E-state index in [0.29, 0.717) is 41.8 Å². The van der Waals surface area contributed by atoms with E-state index in [1.165, 1.54) is 7.11 Å². The number of hydrogen-bond donors (Lipinski definition) is 1. The van der Waals surface area contributed by atoms with E-state index in [-0.39, 0.29) is 5.91 Å². The molecule has 7 heteroatoms. The van der Waals surface area contributed by atoms with Gasteiger partial charge in [0.05, 0.1) is 26.5 Å². The first-order valence-corrected chi connectivity index (χ1v) is 7.36. The highest BCUT2D eigenvalue weighted by molar-refractivity contribution is 6.06. The number of carbonyl (C=O) groups is 1. The molecule has 2 aromatic rings. The SMILES string of the molecule is CCOc1nn(CC)cc1C(=O)Nc1cc(OC)ccc1OC. The summed E-state index contributed by atoms with van der Waals surface area (Å²) in [7, 11) is 3.10. The highest BCUT2D eigenvalue weighted by Crippen LogP contribution is 2.30. The first-order valence-electron chi connectivity index (χ1n) is 7.36. The molecule has 1 heterocycles. The Balaban J connectivity index is 2.30. The number of nitrogens with zero attached hydrogens (tertiary/aromatic N) is 2. The molecule has 0 unspecified atom stereocenters. The molecule has 0 saturated heterocycles. The number of amides is 1. The van der Waals surface area contributed by atoms with Gasteiger partial charge in [-0.1, -0.05) is 0 Å². The van der Waals surface area contributed by atoms with E-state index in [1.54, 1.807) is 36.2 Å². The van der Waals surface area contributed by atoms with Gasteiger partial charge in [-0.2, -0.15) is 0 Å². The summed E-state index contributed by atoms with van der Waals surface area (Å²) in [6, 6.07) is 5.18. The van der Waals surface area contributed by atoms with E-state index in [4.69, 9.17) is 14.2 Å². The maximum Gasteiger partial charge on any atom is 0.262 e. The molecule has 0 aliphatic rings. The van der Waals surface area contributed by atoms with Crippen molar-refractivity contribution in [3.05, 3.63) is 30.0 Å². The zero-order chi connectivity index (χ0) is 16.8. The van der Waals surface area contributed by atoms with Crippen LogP contribution in [-0.4, -0.2) is 36.5 Å². The van der Waals surface area contributed by atoms with Gasteiger partial charge in [-0.05, 0) is 26.0 Å². The van der Waals surface area contributed by atoms with Crippen molar-refractivity contribution in [1.82, 2.24) is 9.78 Å². The van der Waals surface area contributed by atoms with Crippen molar-refractivity contribution < 1.29 is 19.0 Å². The minimum Gasteiger partial charge on any atom is -0.497 e. The molecule has 0 aliphatic carbocycles. The molecule has 1 aromatic heterocycles. The summed E-state index contributed by atoms with van der Waals surface area (Å²) in [5, 5.41) is 7.05. The summed E-state index contributed by atoms with van der Waals surface area (Å²) in [5.74, 6) is 1.16. The van der Waals surface area contributed by atoms with Gasteiger partial charge >= 0.3 is 0 Å². The van der Waals surface area contributed by atoms with Crippen LogP contribution < -0.4 is 19.5 Å². The van der Waals surface area contributed by atoms with Gasteiger partial charge in [0.15, 0.2) is 0 Å². The molecule has 1 amide bonds. The van der Waals surface area contributed by atoms with Gasteiger partial charge in [-0.25, -0.2) is 0 Å². The van der Waals surface area contributed by atoms with Crippen molar-refractivity contribution in [3.8, 4) is 17.4 Å². The highest BCUT2D eigenvalue weighted by Gasteiger charge is 2.19. The summed E-state index contributed by atoms with van der Waals surface area (Å²) in [5.41, 5.74) is 0.891. The fraction of sp³-hybridized carbons (Fsp3) is 0.375. The Bertz CT molecular complexity index is 682. The number of carbonyl (C=O) groups excluding carboxylic acids is 1. The molecule has 2 rings (SSSR count). The van der Waals surface area contributed by atoms with Crippen LogP contribution in [0.2, 0.25) is 0 Å². The Hall–Kier alpha value is -2.70. The van der Waals surface area contributed by atoms with Crippen molar-refractivity contribution in [2.24, 2.45) is 0 Å². The summed E-state index contributed by atoms with van der Waals surface area (Å²) >= 11 is 0. The summed E-state index contributed by atoms with van der Waals surface area (Å²) in [6.45, 7) is 4.87. The Morgan fingerprint density at radius 2 is 2.04 bits per heavy atom. The zero-order valence-electron chi connectivity index (χ0n) is 13.8. The molecule has 0 fully saturated rings. The number of methoxy groups -OCH3 is 2. The standard InChI is InChI=1S/C16H21N3O4/c1-5-19-10-12(16(18-19)23-6-2)15(20)17-13-9-11(21-3)7-8-14(13)22-4/h7-10H,5-6H2,1-4H3,(H,17,20). The molecule has 0 aliphatic heterocycles. The number of hydrogen-bond acceptors (Lipinski definition) is 5. The van der Waals surface area contributed by atoms with Crippen molar-refractivity contribution in [3.63, 3.8) is 0 Å². The lowest BCUT2D eigenvalue weighted by atomic mass is 10.2. The van der Waals surface area contributed by atoms with Crippen LogP contribution in [0, 0.1) is 0 Å². The molecule has 0 saturated carbocycles. The van der Waals surface area contributed by atoms with Gasteiger partial charge in [-0.15, -0.1) is 5.10 Å². The van der Waals surface area contributed by atoms with E-state index >= 15 is 0 Å². The minimum atomic E-state index is -0.320. The third-order valence-electron chi connectivity index (χ3n) is 3.23. The van der Waals surface area contributed by atoms with Gasteiger partial charge in [0.1, 0.15) is 17.1 Å². The first-order chi connectivity index (χ1) is 11.1. The Labute approximate surface area is 135 Å². The predicted octanol–water partition coefficient (Wildman–Crippen LogP) is 2.57. The topological polar surface area (TPSA) is 74.6 Å². The van der Waals surface area contributed by atoms with Gasteiger partial charge in [0.25, 0.3) is 5.91 Å². The van der Waals surface area contributed by atoms with Crippen molar-refractivity contribution in [2.45, 2.75) is 20.4 Å². The van der Waals surface area contributed by atoms with Gasteiger partial charge < -0.3 is 19.5 Å². The van der Waals surface area contributed by atoms with Crippen LogP contribution in [-0.2, 0) is 6.54 Å². The lowest BCUT2D eigenvalue weighted by molar-refractivity contribution is 0.102. The average Bonchev–Trinajstić information content (AvgIpc) is 2.98.